The summed E-state index contributed by atoms with van der Waals surface area (Å²) in [6.45, 7) is 3.80. The summed E-state index contributed by atoms with van der Waals surface area (Å²) >= 11 is 0. The largest absolute Gasteiger partial charge is 0.375 e. The maximum absolute atomic E-state index is 12.1. The van der Waals surface area contributed by atoms with Gasteiger partial charge < -0.3 is 25.0 Å². The summed E-state index contributed by atoms with van der Waals surface area (Å²) in [4.78, 5) is 18.6. The number of carbonyl (C=O) groups excluding carboxylic acids is 1. The molecule has 0 saturated carbocycles. The van der Waals surface area contributed by atoms with Gasteiger partial charge in [-0.05, 0) is 24.8 Å². The molecule has 156 valence electrons. The number of nitrogens with zero attached hydrogens (tertiary/aromatic N) is 2. The second kappa shape index (κ2) is 12.2. The van der Waals surface area contributed by atoms with Crippen LogP contribution in [0.4, 0.5) is 0 Å². The number of hydrogen-bond donors (Lipinski definition) is 2. The molecule has 2 heterocycles. The Hall–Kier alpha value is -1.39. The summed E-state index contributed by atoms with van der Waals surface area (Å²) in [7, 11) is 1.74. The zero-order chi connectivity index (χ0) is 18.9. The van der Waals surface area contributed by atoms with E-state index < -0.39 is 0 Å². The highest BCUT2D eigenvalue weighted by atomic mass is 127. The van der Waals surface area contributed by atoms with Crippen LogP contribution in [0.2, 0.25) is 0 Å². The van der Waals surface area contributed by atoms with E-state index in [4.69, 9.17) is 9.47 Å². The van der Waals surface area contributed by atoms with Crippen LogP contribution in [0, 0.1) is 0 Å². The predicted molar refractivity (Wildman–Crippen MR) is 120 cm³/mol. The Bertz CT molecular complexity index is 623. The Kier molecular flexibility index (Phi) is 10.0. The maximum Gasteiger partial charge on any atom is 0.239 e. The third kappa shape index (κ3) is 6.89. The van der Waals surface area contributed by atoms with Gasteiger partial charge in [0.2, 0.25) is 5.91 Å². The van der Waals surface area contributed by atoms with E-state index in [2.05, 4.69) is 32.7 Å². The van der Waals surface area contributed by atoms with Crippen LogP contribution in [0.3, 0.4) is 0 Å². The summed E-state index contributed by atoms with van der Waals surface area (Å²) in [6.07, 6.45) is 3.22. The molecule has 7 nitrogen and oxygen atoms in total. The molecule has 0 aliphatic carbocycles. The van der Waals surface area contributed by atoms with Crippen LogP contribution in [0.1, 0.15) is 18.4 Å². The number of aliphatic imine (C=N–C) groups is 1. The first-order chi connectivity index (χ1) is 13.3. The SMILES string of the molecule is CN=C(NCC(=O)NCCc1ccccc1)N1CCOC(C2CCCO2)C1.I. The van der Waals surface area contributed by atoms with Gasteiger partial charge in [0.05, 0.1) is 19.3 Å². The van der Waals surface area contributed by atoms with Crippen molar-refractivity contribution in [2.45, 2.75) is 31.5 Å². The number of morpholine rings is 1. The monoisotopic (exact) mass is 502 g/mol. The van der Waals surface area contributed by atoms with Crippen LogP contribution in [0.5, 0.6) is 0 Å². The number of nitrogens with one attached hydrogen (secondary N) is 2. The van der Waals surface area contributed by atoms with Crippen molar-refractivity contribution in [2.75, 3.05) is 46.4 Å². The number of ether oxygens (including phenoxy) is 2. The van der Waals surface area contributed by atoms with Gasteiger partial charge in [0.15, 0.2) is 5.96 Å². The van der Waals surface area contributed by atoms with Crippen LogP contribution in [-0.2, 0) is 20.7 Å². The molecule has 0 aromatic heterocycles. The first-order valence-electron chi connectivity index (χ1n) is 9.75. The highest BCUT2D eigenvalue weighted by Gasteiger charge is 2.32. The molecule has 28 heavy (non-hydrogen) atoms. The molecule has 2 N–H and O–H groups in total. The van der Waals surface area contributed by atoms with Crippen molar-refractivity contribution in [3.63, 3.8) is 0 Å². The van der Waals surface area contributed by atoms with Gasteiger partial charge in [0, 0.05) is 33.3 Å². The minimum Gasteiger partial charge on any atom is -0.375 e. The minimum absolute atomic E-state index is 0. The second-order valence-corrected chi connectivity index (χ2v) is 6.89. The third-order valence-electron chi connectivity index (χ3n) is 4.97. The Labute approximate surface area is 184 Å². The lowest BCUT2D eigenvalue weighted by Gasteiger charge is -2.37. The lowest BCUT2D eigenvalue weighted by Crippen LogP contribution is -2.54. The Balaban J connectivity index is 0.00000280. The smallest absolute Gasteiger partial charge is 0.239 e. The summed E-state index contributed by atoms with van der Waals surface area (Å²) in [5.41, 5.74) is 1.22. The molecule has 0 spiro atoms. The molecule has 8 heteroatoms. The summed E-state index contributed by atoms with van der Waals surface area (Å²) in [5.74, 6) is 0.704. The number of amides is 1. The molecular weight excluding hydrogens is 471 g/mol. The number of hydrogen-bond acceptors (Lipinski definition) is 4. The number of halogens is 1. The van der Waals surface area contributed by atoms with Crippen LogP contribution < -0.4 is 10.6 Å². The number of carbonyl (C=O) groups is 1. The molecule has 1 aromatic carbocycles. The van der Waals surface area contributed by atoms with Crippen molar-refractivity contribution >= 4 is 35.8 Å². The van der Waals surface area contributed by atoms with E-state index in [0.29, 0.717) is 13.2 Å². The van der Waals surface area contributed by atoms with Crippen LogP contribution in [0.25, 0.3) is 0 Å². The van der Waals surface area contributed by atoms with Crippen LogP contribution in [-0.4, -0.2) is 75.4 Å². The van der Waals surface area contributed by atoms with Gasteiger partial charge in [-0.25, -0.2) is 0 Å². The summed E-state index contributed by atoms with van der Waals surface area (Å²) < 4.78 is 11.6. The molecule has 0 radical (unpaired) electrons. The Morgan fingerprint density at radius 1 is 1.18 bits per heavy atom. The van der Waals surface area contributed by atoms with Gasteiger partial charge in [-0.2, -0.15) is 0 Å². The quantitative estimate of drug-likeness (QED) is 0.350. The zero-order valence-electron chi connectivity index (χ0n) is 16.4. The van der Waals surface area contributed by atoms with E-state index in [9.17, 15) is 4.79 Å². The fraction of sp³-hybridized carbons (Fsp3) is 0.600. The van der Waals surface area contributed by atoms with E-state index in [0.717, 1.165) is 44.9 Å². The molecule has 3 rings (SSSR count). The van der Waals surface area contributed by atoms with Crippen LogP contribution >= 0.6 is 24.0 Å². The normalized spacial score (nSPS) is 22.5. The predicted octanol–water partition coefficient (Wildman–Crippen LogP) is 1.42. The average molecular weight is 502 g/mol. The summed E-state index contributed by atoms with van der Waals surface area (Å²) in [6, 6.07) is 10.1. The highest BCUT2D eigenvalue weighted by molar-refractivity contribution is 14.0. The van der Waals surface area contributed by atoms with Gasteiger partial charge in [-0.15, -0.1) is 24.0 Å². The highest BCUT2D eigenvalue weighted by Crippen LogP contribution is 2.20. The van der Waals surface area contributed by atoms with Crippen molar-refractivity contribution in [2.24, 2.45) is 4.99 Å². The topological polar surface area (TPSA) is 75.2 Å². The van der Waals surface area contributed by atoms with E-state index in [1.165, 1.54) is 5.56 Å². The van der Waals surface area contributed by atoms with E-state index in [-0.39, 0.29) is 48.6 Å². The molecule has 2 aliphatic rings. The molecule has 2 saturated heterocycles. The van der Waals surface area contributed by atoms with Crippen molar-refractivity contribution in [1.82, 2.24) is 15.5 Å². The lowest BCUT2D eigenvalue weighted by atomic mass is 10.1. The molecule has 2 atom stereocenters. The van der Waals surface area contributed by atoms with E-state index in [1.54, 1.807) is 7.05 Å². The third-order valence-corrected chi connectivity index (χ3v) is 4.97. The van der Waals surface area contributed by atoms with Crippen LogP contribution in [0.15, 0.2) is 35.3 Å². The van der Waals surface area contributed by atoms with Crippen molar-refractivity contribution in [3.05, 3.63) is 35.9 Å². The van der Waals surface area contributed by atoms with Crippen molar-refractivity contribution in [3.8, 4) is 0 Å². The standard InChI is InChI=1S/C20H30N4O3.HI/c1-21-20(24-11-13-27-18(15-24)17-8-5-12-26-17)23-14-19(25)22-10-9-16-6-3-2-4-7-16;/h2-4,6-7,17-18H,5,8-15H2,1H3,(H,21,23)(H,22,25);1H. The minimum atomic E-state index is -0.0315. The molecule has 2 unspecified atom stereocenters. The Morgan fingerprint density at radius 3 is 2.68 bits per heavy atom. The number of benzene rings is 1. The van der Waals surface area contributed by atoms with Gasteiger partial charge in [0.25, 0.3) is 0 Å². The first kappa shape index (κ1) is 22.9. The molecule has 1 amide bonds. The fourth-order valence-corrected chi connectivity index (χ4v) is 3.53. The lowest BCUT2D eigenvalue weighted by molar-refractivity contribution is -0.120. The second-order valence-electron chi connectivity index (χ2n) is 6.89. The summed E-state index contributed by atoms with van der Waals surface area (Å²) in [5, 5.41) is 6.11. The number of rotatable bonds is 6. The first-order valence-corrected chi connectivity index (χ1v) is 9.75. The maximum atomic E-state index is 12.1. The average Bonchev–Trinajstić information content (AvgIpc) is 3.24. The molecule has 0 bridgehead atoms. The molecule has 1 aromatic rings. The number of guanidine groups is 1. The van der Waals surface area contributed by atoms with E-state index >= 15 is 0 Å². The molecule has 2 fully saturated rings. The van der Waals surface area contributed by atoms with E-state index in [1.807, 2.05) is 18.2 Å². The van der Waals surface area contributed by atoms with Gasteiger partial charge in [0.1, 0.15) is 6.10 Å². The molecule has 2 aliphatic heterocycles. The van der Waals surface area contributed by atoms with Gasteiger partial charge in [-0.3, -0.25) is 9.79 Å². The molecular formula is C20H31IN4O3. The zero-order valence-corrected chi connectivity index (χ0v) is 18.8. The van der Waals surface area contributed by atoms with Gasteiger partial charge in [-0.1, -0.05) is 30.3 Å². The van der Waals surface area contributed by atoms with Crippen molar-refractivity contribution in [1.29, 1.82) is 0 Å². The fourth-order valence-electron chi connectivity index (χ4n) is 3.53. The van der Waals surface area contributed by atoms with Gasteiger partial charge >= 0.3 is 0 Å². The van der Waals surface area contributed by atoms with Crippen molar-refractivity contribution < 1.29 is 14.3 Å². The Morgan fingerprint density at radius 2 is 1.96 bits per heavy atom.